The molecule has 0 aliphatic carbocycles. The van der Waals surface area contributed by atoms with E-state index in [1.54, 1.807) is 6.07 Å². The van der Waals surface area contributed by atoms with Gasteiger partial charge in [0.15, 0.2) is 11.6 Å². The molecular formula is C35H39F2N5O3. The zero-order valence-corrected chi connectivity index (χ0v) is 26.0. The highest BCUT2D eigenvalue weighted by Crippen LogP contribution is 2.28. The van der Waals surface area contributed by atoms with E-state index in [4.69, 9.17) is 9.47 Å². The fourth-order valence-corrected chi connectivity index (χ4v) is 5.54. The van der Waals surface area contributed by atoms with Crippen molar-refractivity contribution in [3.05, 3.63) is 101 Å². The van der Waals surface area contributed by atoms with Crippen LogP contribution in [0.25, 0.3) is 0 Å². The van der Waals surface area contributed by atoms with Crippen molar-refractivity contribution in [1.82, 2.24) is 14.9 Å². The number of carbonyl (C=O) groups excluding carboxylic acids is 1. The first-order valence-corrected chi connectivity index (χ1v) is 15.3. The van der Waals surface area contributed by atoms with Crippen molar-refractivity contribution in [2.75, 3.05) is 36.5 Å². The molecule has 1 amide bonds. The zero-order valence-electron chi connectivity index (χ0n) is 26.0. The van der Waals surface area contributed by atoms with Gasteiger partial charge < -0.3 is 19.7 Å². The Morgan fingerprint density at radius 3 is 2.49 bits per heavy atom. The van der Waals surface area contributed by atoms with Crippen molar-refractivity contribution in [2.45, 2.75) is 53.0 Å². The largest absolute Gasteiger partial charge is 0.493 e. The number of nitrogens with one attached hydrogen (secondary N) is 1. The smallest absolute Gasteiger partial charge is 0.421 e. The lowest BCUT2D eigenvalue weighted by Crippen LogP contribution is -2.34. The second-order valence-corrected chi connectivity index (χ2v) is 11.4. The van der Waals surface area contributed by atoms with Gasteiger partial charge in [-0.25, -0.2) is 18.6 Å². The van der Waals surface area contributed by atoms with E-state index in [0.717, 1.165) is 47.5 Å². The minimum Gasteiger partial charge on any atom is -0.493 e. The Labute approximate surface area is 263 Å². The average Bonchev–Trinajstić information content (AvgIpc) is 3.02. The average molecular weight is 616 g/mol. The summed E-state index contributed by atoms with van der Waals surface area (Å²) in [6.07, 6.45) is 5.61. The maximum atomic E-state index is 14.1. The van der Waals surface area contributed by atoms with Gasteiger partial charge in [0.25, 0.3) is 0 Å². The topological polar surface area (TPSA) is 79.8 Å². The fraction of sp³-hybridized carbons (Fsp3) is 0.343. The van der Waals surface area contributed by atoms with Crippen LogP contribution in [-0.4, -0.2) is 47.2 Å². The van der Waals surface area contributed by atoms with Crippen molar-refractivity contribution in [3.63, 3.8) is 0 Å². The van der Waals surface area contributed by atoms with E-state index in [2.05, 4.69) is 20.2 Å². The van der Waals surface area contributed by atoms with Gasteiger partial charge in [-0.1, -0.05) is 36.2 Å². The summed E-state index contributed by atoms with van der Waals surface area (Å²) in [5.41, 5.74) is 3.71. The number of likely N-dealkylation sites (tertiary alicyclic amines) is 1. The van der Waals surface area contributed by atoms with Crippen molar-refractivity contribution in [1.29, 1.82) is 0 Å². The third-order valence-electron chi connectivity index (χ3n) is 7.68. The van der Waals surface area contributed by atoms with Crippen molar-refractivity contribution < 1.29 is 23.0 Å². The van der Waals surface area contributed by atoms with E-state index in [1.165, 1.54) is 49.5 Å². The summed E-state index contributed by atoms with van der Waals surface area (Å²) in [7, 11) is 0. The monoisotopic (exact) mass is 615 g/mol. The molecule has 0 unspecified atom stereocenters. The van der Waals surface area contributed by atoms with Gasteiger partial charge in [-0.2, -0.15) is 4.98 Å². The van der Waals surface area contributed by atoms with Gasteiger partial charge >= 0.3 is 6.09 Å². The number of hydrogen-bond donors (Lipinski definition) is 1. The molecule has 0 saturated carbocycles. The highest BCUT2D eigenvalue weighted by Gasteiger charge is 2.23. The molecule has 0 bridgehead atoms. The van der Waals surface area contributed by atoms with Gasteiger partial charge in [-0.15, -0.1) is 0 Å². The van der Waals surface area contributed by atoms with E-state index in [-0.39, 0.29) is 18.3 Å². The van der Waals surface area contributed by atoms with Crippen LogP contribution in [0.1, 0.15) is 47.9 Å². The molecule has 10 heteroatoms. The van der Waals surface area contributed by atoms with Gasteiger partial charge in [-0.3, -0.25) is 4.90 Å². The summed E-state index contributed by atoms with van der Waals surface area (Å²) < 4.78 is 39.6. The van der Waals surface area contributed by atoms with Crippen LogP contribution < -0.4 is 19.7 Å². The third kappa shape index (κ3) is 8.76. The normalized spacial score (nSPS) is 13.4. The van der Waals surface area contributed by atoms with Crippen molar-refractivity contribution in [3.8, 4) is 11.5 Å². The number of hydrogen-bond acceptors (Lipinski definition) is 7. The van der Waals surface area contributed by atoms with Crippen LogP contribution in [0, 0.1) is 32.4 Å². The summed E-state index contributed by atoms with van der Waals surface area (Å²) in [4.78, 5) is 26.3. The van der Waals surface area contributed by atoms with E-state index in [1.807, 2.05) is 57.2 Å². The van der Waals surface area contributed by atoms with Gasteiger partial charge in [0.2, 0.25) is 5.95 Å². The first kappa shape index (κ1) is 31.8. The molecule has 8 nitrogen and oxygen atoms in total. The summed E-state index contributed by atoms with van der Waals surface area (Å²) in [5, 5.41) is 3.18. The van der Waals surface area contributed by atoms with E-state index in [9.17, 15) is 13.6 Å². The summed E-state index contributed by atoms with van der Waals surface area (Å²) in [6.45, 7) is 9.56. The molecule has 1 aliphatic rings. The number of nitrogens with zero attached hydrogens (tertiary/aromatic N) is 4. The van der Waals surface area contributed by atoms with Crippen LogP contribution in [0.2, 0.25) is 0 Å². The van der Waals surface area contributed by atoms with Crippen LogP contribution in [0.15, 0.2) is 66.9 Å². The number of anilines is 3. The molecule has 3 aromatic carbocycles. The summed E-state index contributed by atoms with van der Waals surface area (Å²) >= 11 is 0. The number of aromatic nitrogens is 2. The molecule has 1 N–H and O–H groups in total. The highest BCUT2D eigenvalue weighted by molar-refractivity contribution is 5.88. The van der Waals surface area contributed by atoms with E-state index >= 15 is 0 Å². The molecule has 236 valence electrons. The quantitative estimate of drug-likeness (QED) is 0.172. The third-order valence-corrected chi connectivity index (χ3v) is 7.68. The first-order valence-electron chi connectivity index (χ1n) is 15.3. The van der Waals surface area contributed by atoms with Crippen LogP contribution in [0.4, 0.5) is 31.0 Å². The van der Waals surface area contributed by atoms with Crippen molar-refractivity contribution in [2.24, 2.45) is 0 Å². The van der Waals surface area contributed by atoms with Gasteiger partial charge in [0.05, 0.1) is 13.2 Å². The van der Waals surface area contributed by atoms with Crippen LogP contribution in [0.3, 0.4) is 0 Å². The number of carbonyl (C=O) groups is 1. The molecule has 5 rings (SSSR count). The Bertz CT molecular complexity index is 1600. The molecule has 0 radical (unpaired) electrons. The standard InChI is InChI=1S/C35H39F2N5O3/c1-24-19-25(2)33(26(3)20-24)45-35(43)42(23-27-11-12-30(36)31(37)21-27)32-13-14-38-34(40-32)39-28-9-7-10-29(22-28)44-18-8-17-41-15-5-4-6-16-41/h7,9-14,19-22H,4-6,8,15-18,23H2,1-3H3,(H,38,39,40). The van der Waals surface area contributed by atoms with Gasteiger partial charge in [-0.05, 0) is 100 Å². The van der Waals surface area contributed by atoms with Gasteiger partial charge in [0, 0.05) is 24.5 Å². The Kier molecular flexibility index (Phi) is 10.6. The Morgan fingerprint density at radius 1 is 0.956 bits per heavy atom. The Morgan fingerprint density at radius 2 is 1.73 bits per heavy atom. The molecular weight excluding hydrogens is 576 g/mol. The number of halogens is 2. The molecule has 1 aliphatic heterocycles. The molecule has 0 atom stereocenters. The second-order valence-electron chi connectivity index (χ2n) is 11.4. The molecule has 0 spiro atoms. The van der Waals surface area contributed by atoms with Crippen LogP contribution >= 0.6 is 0 Å². The van der Waals surface area contributed by atoms with Crippen molar-refractivity contribution >= 4 is 23.5 Å². The SMILES string of the molecule is Cc1cc(C)c(OC(=O)N(Cc2ccc(F)c(F)c2)c2ccnc(Nc3cccc(OCCCN4CCCCC4)c3)n2)c(C)c1. The minimum atomic E-state index is -1.01. The highest BCUT2D eigenvalue weighted by atomic mass is 19.2. The molecule has 4 aromatic rings. The number of aryl methyl sites for hydroxylation is 3. The first-order chi connectivity index (χ1) is 21.7. The molecule has 1 aromatic heterocycles. The fourth-order valence-electron chi connectivity index (χ4n) is 5.54. The lowest BCUT2D eigenvalue weighted by atomic mass is 10.1. The zero-order chi connectivity index (χ0) is 31.8. The van der Waals surface area contributed by atoms with Crippen LogP contribution in [0.5, 0.6) is 11.5 Å². The number of amides is 1. The lowest BCUT2D eigenvalue weighted by Gasteiger charge is -2.26. The molecule has 45 heavy (non-hydrogen) atoms. The molecule has 2 heterocycles. The predicted octanol–water partition coefficient (Wildman–Crippen LogP) is 7.88. The predicted molar refractivity (Wildman–Crippen MR) is 171 cm³/mol. The summed E-state index contributed by atoms with van der Waals surface area (Å²) in [5.74, 6) is -0.372. The number of benzene rings is 3. The van der Waals surface area contributed by atoms with E-state index in [0.29, 0.717) is 23.6 Å². The summed E-state index contributed by atoms with van der Waals surface area (Å²) in [6, 6.07) is 16.4. The number of ether oxygens (including phenoxy) is 2. The maximum Gasteiger partial charge on any atom is 0.421 e. The van der Waals surface area contributed by atoms with Crippen LogP contribution in [-0.2, 0) is 6.54 Å². The minimum absolute atomic E-state index is 0.114. The lowest BCUT2D eigenvalue weighted by molar-refractivity contribution is 0.205. The molecule has 1 fully saturated rings. The number of piperidine rings is 1. The van der Waals surface area contributed by atoms with Gasteiger partial charge in [0.1, 0.15) is 17.3 Å². The Balaban J connectivity index is 1.31. The second kappa shape index (κ2) is 14.9. The van der Waals surface area contributed by atoms with E-state index < -0.39 is 17.7 Å². The Hall–Kier alpha value is -4.57. The number of rotatable bonds is 11. The molecule has 1 saturated heterocycles. The maximum absolute atomic E-state index is 14.1.